The van der Waals surface area contributed by atoms with E-state index in [-0.39, 0.29) is 0 Å². The maximum Gasteiger partial charge on any atom is 0.205 e. The molecule has 0 saturated heterocycles. The van der Waals surface area contributed by atoms with Crippen molar-refractivity contribution in [2.45, 2.75) is 13.8 Å². The Labute approximate surface area is 140 Å². The summed E-state index contributed by atoms with van der Waals surface area (Å²) in [7, 11) is 4.47. The molecular weight excluding hydrogens is 280 g/mol. The lowest BCUT2D eigenvalue weighted by Gasteiger charge is -2.27. The lowest BCUT2D eigenvalue weighted by molar-refractivity contribution is -0.430. The number of hydrogen-bond donors (Lipinski definition) is 0. The molecule has 2 aromatic rings. The SMILES string of the molecule is CC[N+](=CC=Cc1ccccc1)c1ccc([N+](C)(C)CC)cc1. The Morgan fingerprint density at radius 3 is 2.13 bits per heavy atom. The zero-order chi connectivity index (χ0) is 16.7. The fourth-order valence-electron chi connectivity index (χ4n) is 2.43. The summed E-state index contributed by atoms with van der Waals surface area (Å²) in [6.45, 7) is 6.43. The molecule has 0 aliphatic carbocycles. The van der Waals surface area contributed by atoms with Crippen molar-refractivity contribution in [1.82, 2.24) is 4.48 Å². The number of quaternary nitrogens is 1. The maximum absolute atomic E-state index is 2.26. The van der Waals surface area contributed by atoms with Crippen LogP contribution in [-0.4, -0.2) is 38.0 Å². The van der Waals surface area contributed by atoms with Crippen molar-refractivity contribution >= 4 is 23.7 Å². The minimum atomic E-state index is 0.907. The van der Waals surface area contributed by atoms with Gasteiger partial charge < -0.3 is 0 Å². The molecule has 0 aliphatic heterocycles. The summed E-state index contributed by atoms with van der Waals surface area (Å²) in [5.74, 6) is 0. The molecule has 0 radical (unpaired) electrons. The third-order valence-corrected chi connectivity index (χ3v) is 4.37. The molecule has 0 aromatic heterocycles. The fourth-order valence-corrected chi connectivity index (χ4v) is 2.43. The minimum absolute atomic E-state index is 0.907. The van der Waals surface area contributed by atoms with Gasteiger partial charge in [-0.05, 0) is 25.5 Å². The van der Waals surface area contributed by atoms with Crippen LogP contribution in [0, 0.1) is 0 Å². The number of benzene rings is 2. The molecule has 2 nitrogen and oxygen atoms in total. The van der Waals surface area contributed by atoms with E-state index in [0.717, 1.165) is 17.6 Å². The quantitative estimate of drug-likeness (QED) is 0.412. The van der Waals surface area contributed by atoms with Gasteiger partial charge in [0.15, 0.2) is 6.21 Å². The summed E-state index contributed by atoms with van der Waals surface area (Å²) < 4.78 is 3.17. The smallest absolute Gasteiger partial charge is 0.205 e. The minimum Gasteiger partial charge on any atom is -0.296 e. The van der Waals surface area contributed by atoms with E-state index < -0.39 is 0 Å². The van der Waals surface area contributed by atoms with E-state index in [1.54, 1.807) is 0 Å². The number of hydrogen-bond acceptors (Lipinski definition) is 0. The molecule has 0 spiro atoms. The van der Waals surface area contributed by atoms with Crippen molar-refractivity contribution in [3.8, 4) is 0 Å². The second-order valence-corrected chi connectivity index (χ2v) is 6.22. The Bertz CT molecular complexity index is 665. The topological polar surface area (TPSA) is 3.01 Å². The first-order chi connectivity index (χ1) is 11.1. The Balaban J connectivity index is 2.17. The van der Waals surface area contributed by atoms with Gasteiger partial charge in [-0.3, -0.25) is 4.48 Å². The summed E-state index contributed by atoms with van der Waals surface area (Å²) in [5.41, 5.74) is 3.79. The zero-order valence-electron chi connectivity index (χ0n) is 14.7. The van der Waals surface area contributed by atoms with Crippen LogP contribution in [0.5, 0.6) is 0 Å². The van der Waals surface area contributed by atoms with Gasteiger partial charge >= 0.3 is 0 Å². The van der Waals surface area contributed by atoms with Crippen LogP contribution in [0.2, 0.25) is 0 Å². The third-order valence-electron chi connectivity index (χ3n) is 4.37. The first kappa shape index (κ1) is 17.2. The van der Waals surface area contributed by atoms with Gasteiger partial charge in [0.05, 0.1) is 20.6 Å². The van der Waals surface area contributed by atoms with E-state index in [2.05, 4.69) is 99.4 Å². The Hall–Kier alpha value is -2.19. The maximum atomic E-state index is 2.26. The van der Waals surface area contributed by atoms with Crippen molar-refractivity contribution in [2.24, 2.45) is 0 Å². The first-order valence-electron chi connectivity index (χ1n) is 8.33. The third kappa shape index (κ3) is 4.64. The first-order valence-corrected chi connectivity index (χ1v) is 8.33. The van der Waals surface area contributed by atoms with Gasteiger partial charge in [-0.25, -0.2) is 0 Å². The molecule has 120 valence electrons. The molecular formula is C21H28N2+2. The van der Waals surface area contributed by atoms with Crippen LogP contribution in [0.15, 0.2) is 60.7 Å². The summed E-state index contributed by atoms with van der Waals surface area (Å²) in [5, 5.41) is 0. The van der Waals surface area contributed by atoms with Crippen molar-refractivity contribution in [1.29, 1.82) is 0 Å². The average Bonchev–Trinajstić information content (AvgIpc) is 2.60. The highest BCUT2D eigenvalue weighted by atomic mass is 15.3. The highest BCUT2D eigenvalue weighted by Gasteiger charge is 2.17. The zero-order valence-corrected chi connectivity index (χ0v) is 14.7. The molecule has 0 heterocycles. The molecule has 2 aromatic carbocycles. The fraction of sp³-hybridized carbons (Fsp3) is 0.286. The van der Waals surface area contributed by atoms with Gasteiger partial charge in [0.25, 0.3) is 0 Å². The molecule has 0 bridgehead atoms. The summed E-state index contributed by atoms with van der Waals surface area (Å²) in [4.78, 5) is 0. The number of rotatable bonds is 6. The van der Waals surface area contributed by atoms with Crippen LogP contribution in [-0.2, 0) is 0 Å². The largest absolute Gasteiger partial charge is 0.296 e. The second kappa shape index (κ2) is 7.89. The van der Waals surface area contributed by atoms with Crippen molar-refractivity contribution < 1.29 is 4.58 Å². The van der Waals surface area contributed by atoms with Crippen LogP contribution in [0.1, 0.15) is 19.4 Å². The van der Waals surface area contributed by atoms with Crippen LogP contribution in [0.25, 0.3) is 6.08 Å². The average molecular weight is 308 g/mol. The standard InChI is InChI=1S/C21H28N2/c1-5-22(18-10-13-19-11-8-7-9-12-19)20-14-16-21(17-15-20)23(3,4)6-2/h7-18H,5-6H2,1-4H3/q+2. The highest BCUT2D eigenvalue weighted by molar-refractivity contribution is 5.75. The van der Waals surface area contributed by atoms with E-state index in [0.29, 0.717) is 0 Å². The summed E-state index contributed by atoms with van der Waals surface area (Å²) in [6.07, 6.45) is 6.38. The Morgan fingerprint density at radius 1 is 0.913 bits per heavy atom. The molecule has 0 amide bonds. The predicted molar refractivity (Wildman–Crippen MR) is 103 cm³/mol. The number of nitrogens with zero attached hydrogens (tertiary/aromatic N) is 2. The van der Waals surface area contributed by atoms with Crippen molar-refractivity contribution in [3.05, 3.63) is 66.2 Å². The van der Waals surface area contributed by atoms with Crippen LogP contribution in [0.3, 0.4) is 0 Å². The number of allylic oxidation sites excluding steroid dienone is 1. The lowest BCUT2D eigenvalue weighted by atomic mass is 10.2. The van der Waals surface area contributed by atoms with Crippen LogP contribution in [0.4, 0.5) is 11.4 Å². The van der Waals surface area contributed by atoms with Gasteiger partial charge in [0.1, 0.15) is 12.2 Å². The van der Waals surface area contributed by atoms with Crippen molar-refractivity contribution in [2.75, 3.05) is 27.2 Å². The van der Waals surface area contributed by atoms with Gasteiger partial charge in [-0.2, -0.15) is 4.58 Å². The molecule has 2 rings (SSSR count). The van der Waals surface area contributed by atoms with Gasteiger partial charge in [0.2, 0.25) is 5.69 Å². The molecule has 2 heteroatoms. The van der Waals surface area contributed by atoms with E-state index in [1.165, 1.54) is 16.9 Å². The Kier molecular flexibility index (Phi) is 5.89. The second-order valence-electron chi connectivity index (χ2n) is 6.22. The molecule has 0 unspecified atom stereocenters. The molecule has 0 saturated carbocycles. The summed E-state index contributed by atoms with van der Waals surface area (Å²) >= 11 is 0. The van der Waals surface area contributed by atoms with E-state index in [1.807, 2.05) is 6.07 Å². The van der Waals surface area contributed by atoms with E-state index in [4.69, 9.17) is 0 Å². The van der Waals surface area contributed by atoms with Crippen molar-refractivity contribution in [3.63, 3.8) is 0 Å². The molecule has 0 N–H and O–H groups in total. The summed E-state index contributed by atoms with van der Waals surface area (Å²) in [6, 6.07) is 19.3. The van der Waals surface area contributed by atoms with Crippen LogP contribution >= 0.6 is 0 Å². The molecule has 23 heavy (non-hydrogen) atoms. The van der Waals surface area contributed by atoms with Gasteiger partial charge in [-0.1, -0.05) is 30.3 Å². The lowest BCUT2D eigenvalue weighted by Crippen LogP contribution is -2.39. The Morgan fingerprint density at radius 2 is 1.57 bits per heavy atom. The van der Waals surface area contributed by atoms with Crippen LogP contribution < -0.4 is 4.48 Å². The normalized spacial score (nSPS) is 12.8. The predicted octanol–water partition coefficient (Wildman–Crippen LogP) is 4.72. The van der Waals surface area contributed by atoms with E-state index >= 15 is 0 Å². The van der Waals surface area contributed by atoms with Gasteiger partial charge in [-0.15, -0.1) is 0 Å². The van der Waals surface area contributed by atoms with Gasteiger partial charge in [0, 0.05) is 30.3 Å². The molecule has 0 fully saturated rings. The monoisotopic (exact) mass is 308 g/mol. The molecule has 0 atom stereocenters. The highest BCUT2D eigenvalue weighted by Crippen LogP contribution is 2.22. The molecule has 0 aliphatic rings. The van der Waals surface area contributed by atoms with E-state index in [9.17, 15) is 0 Å².